The number of carbonyl (C=O) groups is 2. The van der Waals surface area contributed by atoms with Gasteiger partial charge in [0.2, 0.25) is 0 Å². The Morgan fingerprint density at radius 3 is 2.75 bits per heavy atom. The van der Waals surface area contributed by atoms with E-state index >= 15 is 0 Å². The standard InChI is InChI=1S/C20H30O4/c1-4-23-19(22)12-14-5-6-16-15(11-14)9-10-20(3)17(16)7-8-18(20)24-13(2)21/h12,15-18H,4-11H2,1-3H3/t15-,16-,17+,18+,20+/m1/s1. The van der Waals surface area contributed by atoms with E-state index in [1.54, 1.807) is 6.08 Å². The Hall–Kier alpha value is -1.32. The predicted octanol–water partition coefficient (Wildman–Crippen LogP) is 4.03. The van der Waals surface area contributed by atoms with E-state index in [2.05, 4.69) is 6.92 Å². The number of fused-ring (bicyclic) bond motifs is 3. The van der Waals surface area contributed by atoms with Crippen LogP contribution in [-0.2, 0) is 19.1 Å². The molecule has 0 aliphatic heterocycles. The van der Waals surface area contributed by atoms with Crippen LogP contribution >= 0.6 is 0 Å². The van der Waals surface area contributed by atoms with Crippen molar-refractivity contribution in [1.82, 2.24) is 0 Å². The van der Waals surface area contributed by atoms with Gasteiger partial charge in [0.1, 0.15) is 6.10 Å². The summed E-state index contributed by atoms with van der Waals surface area (Å²) in [4.78, 5) is 23.1. The van der Waals surface area contributed by atoms with Gasteiger partial charge in [-0.25, -0.2) is 4.79 Å². The van der Waals surface area contributed by atoms with Crippen molar-refractivity contribution in [2.24, 2.45) is 23.2 Å². The first-order valence-corrected chi connectivity index (χ1v) is 9.47. The molecule has 4 nitrogen and oxygen atoms in total. The van der Waals surface area contributed by atoms with E-state index in [1.807, 2.05) is 6.92 Å². The molecule has 0 heterocycles. The summed E-state index contributed by atoms with van der Waals surface area (Å²) < 4.78 is 10.7. The van der Waals surface area contributed by atoms with Crippen LogP contribution in [0.2, 0.25) is 0 Å². The Labute approximate surface area is 145 Å². The first-order chi connectivity index (χ1) is 11.4. The second-order valence-corrected chi connectivity index (χ2v) is 8.05. The van der Waals surface area contributed by atoms with Gasteiger partial charge in [-0.05, 0) is 69.6 Å². The van der Waals surface area contributed by atoms with Gasteiger partial charge in [-0.15, -0.1) is 0 Å². The summed E-state index contributed by atoms with van der Waals surface area (Å²) in [6.45, 7) is 6.13. The van der Waals surface area contributed by atoms with E-state index in [0.717, 1.165) is 32.1 Å². The molecule has 0 bridgehead atoms. The molecule has 0 radical (unpaired) electrons. The minimum Gasteiger partial charge on any atom is -0.463 e. The lowest BCUT2D eigenvalue weighted by atomic mass is 9.56. The summed E-state index contributed by atoms with van der Waals surface area (Å²) in [5.41, 5.74) is 1.41. The number of rotatable bonds is 3. The molecule has 3 aliphatic rings. The average molecular weight is 334 g/mol. The van der Waals surface area contributed by atoms with Gasteiger partial charge in [0.15, 0.2) is 0 Å². The molecule has 3 fully saturated rings. The van der Waals surface area contributed by atoms with Crippen LogP contribution in [0.1, 0.15) is 65.7 Å². The Morgan fingerprint density at radius 1 is 1.25 bits per heavy atom. The van der Waals surface area contributed by atoms with Gasteiger partial charge in [-0.3, -0.25) is 4.79 Å². The SMILES string of the molecule is CCOC(=O)C=C1CC[C@@H]2[C@H](CC[C@]3(C)[C@@H](OC(C)=O)CC[C@@H]23)C1. The number of carbonyl (C=O) groups excluding carboxylic acids is 2. The highest BCUT2D eigenvalue weighted by molar-refractivity contribution is 5.82. The molecule has 0 unspecified atom stereocenters. The quantitative estimate of drug-likeness (QED) is 0.577. The van der Waals surface area contributed by atoms with Crippen LogP contribution in [0, 0.1) is 23.2 Å². The van der Waals surface area contributed by atoms with Crippen LogP contribution in [0.4, 0.5) is 0 Å². The highest BCUT2D eigenvalue weighted by atomic mass is 16.5. The second kappa shape index (κ2) is 6.89. The summed E-state index contributed by atoms with van der Waals surface area (Å²) in [5.74, 6) is 1.71. The van der Waals surface area contributed by atoms with Crippen molar-refractivity contribution in [1.29, 1.82) is 0 Å². The maximum Gasteiger partial charge on any atom is 0.330 e. The smallest absolute Gasteiger partial charge is 0.330 e. The normalized spacial score (nSPS) is 39.9. The monoisotopic (exact) mass is 334 g/mol. The Bertz CT molecular complexity index is 538. The molecule has 5 atom stereocenters. The van der Waals surface area contributed by atoms with E-state index in [4.69, 9.17) is 9.47 Å². The van der Waals surface area contributed by atoms with E-state index in [1.165, 1.54) is 25.3 Å². The van der Waals surface area contributed by atoms with Crippen molar-refractivity contribution >= 4 is 11.9 Å². The number of esters is 2. The molecule has 24 heavy (non-hydrogen) atoms. The van der Waals surface area contributed by atoms with Crippen molar-refractivity contribution in [2.75, 3.05) is 6.61 Å². The fraction of sp³-hybridized carbons (Fsp3) is 0.800. The van der Waals surface area contributed by atoms with Crippen LogP contribution in [0.5, 0.6) is 0 Å². The molecule has 0 aromatic heterocycles. The summed E-state index contributed by atoms with van der Waals surface area (Å²) in [5, 5.41) is 0. The summed E-state index contributed by atoms with van der Waals surface area (Å²) in [6.07, 6.45) is 9.50. The topological polar surface area (TPSA) is 52.6 Å². The molecule has 0 spiro atoms. The van der Waals surface area contributed by atoms with Gasteiger partial charge in [0.25, 0.3) is 0 Å². The zero-order valence-electron chi connectivity index (χ0n) is 15.2. The molecule has 0 N–H and O–H groups in total. The first kappa shape index (κ1) is 17.5. The van der Waals surface area contributed by atoms with Crippen LogP contribution in [0.15, 0.2) is 11.6 Å². The van der Waals surface area contributed by atoms with Crippen molar-refractivity contribution in [3.8, 4) is 0 Å². The second-order valence-electron chi connectivity index (χ2n) is 8.05. The van der Waals surface area contributed by atoms with E-state index < -0.39 is 0 Å². The Balaban J connectivity index is 1.68. The van der Waals surface area contributed by atoms with Crippen LogP contribution < -0.4 is 0 Å². The van der Waals surface area contributed by atoms with Gasteiger partial charge in [0, 0.05) is 18.4 Å². The van der Waals surface area contributed by atoms with Crippen molar-refractivity contribution in [3.05, 3.63) is 11.6 Å². The van der Waals surface area contributed by atoms with Crippen LogP contribution in [0.25, 0.3) is 0 Å². The Kier molecular flexibility index (Phi) is 5.03. The van der Waals surface area contributed by atoms with Crippen molar-refractivity contribution < 1.29 is 19.1 Å². The van der Waals surface area contributed by atoms with Gasteiger partial charge in [-0.1, -0.05) is 12.5 Å². The van der Waals surface area contributed by atoms with E-state index in [9.17, 15) is 9.59 Å². The van der Waals surface area contributed by atoms with Gasteiger partial charge in [0.05, 0.1) is 6.61 Å². The minimum atomic E-state index is -0.192. The highest BCUT2D eigenvalue weighted by Crippen LogP contribution is 2.60. The molecule has 0 aromatic rings. The maximum absolute atomic E-state index is 11.7. The molecule has 0 saturated heterocycles. The van der Waals surface area contributed by atoms with Gasteiger partial charge < -0.3 is 9.47 Å². The largest absolute Gasteiger partial charge is 0.463 e. The van der Waals surface area contributed by atoms with E-state index in [0.29, 0.717) is 24.4 Å². The van der Waals surface area contributed by atoms with Crippen molar-refractivity contribution in [2.45, 2.75) is 71.8 Å². The fourth-order valence-electron chi connectivity index (χ4n) is 5.67. The summed E-state index contributed by atoms with van der Waals surface area (Å²) >= 11 is 0. The van der Waals surface area contributed by atoms with Crippen LogP contribution in [0.3, 0.4) is 0 Å². The van der Waals surface area contributed by atoms with Crippen molar-refractivity contribution in [3.63, 3.8) is 0 Å². The molecule has 134 valence electrons. The Morgan fingerprint density at radius 2 is 2.04 bits per heavy atom. The van der Waals surface area contributed by atoms with Gasteiger partial charge in [-0.2, -0.15) is 0 Å². The first-order valence-electron chi connectivity index (χ1n) is 9.47. The molecule has 3 rings (SSSR count). The molecular formula is C20H30O4. The fourth-order valence-corrected chi connectivity index (χ4v) is 5.67. The van der Waals surface area contributed by atoms with E-state index in [-0.39, 0.29) is 23.5 Å². The van der Waals surface area contributed by atoms with Crippen LogP contribution in [-0.4, -0.2) is 24.6 Å². The zero-order valence-corrected chi connectivity index (χ0v) is 15.2. The minimum absolute atomic E-state index is 0.0948. The highest BCUT2D eigenvalue weighted by Gasteiger charge is 2.55. The zero-order chi connectivity index (χ0) is 17.3. The lowest BCUT2D eigenvalue weighted by molar-refractivity contribution is -0.155. The summed E-state index contributed by atoms with van der Waals surface area (Å²) in [7, 11) is 0. The van der Waals surface area contributed by atoms with Gasteiger partial charge >= 0.3 is 11.9 Å². The molecule has 0 aromatic carbocycles. The summed E-state index contributed by atoms with van der Waals surface area (Å²) in [6, 6.07) is 0. The molecule has 3 saturated carbocycles. The number of hydrogen-bond acceptors (Lipinski definition) is 4. The lowest BCUT2D eigenvalue weighted by Crippen LogP contribution is -2.45. The third kappa shape index (κ3) is 3.25. The number of hydrogen-bond donors (Lipinski definition) is 0. The number of ether oxygens (including phenoxy) is 2. The molecule has 0 amide bonds. The predicted molar refractivity (Wildman–Crippen MR) is 91.2 cm³/mol. The average Bonchev–Trinajstić information content (AvgIpc) is 2.84. The lowest BCUT2D eigenvalue weighted by Gasteiger charge is -2.50. The maximum atomic E-state index is 11.7. The third-order valence-corrected chi connectivity index (χ3v) is 6.74. The molecule has 4 heteroatoms. The number of allylic oxidation sites excluding steroid dienone is 1. The molecular weight excluding hydrogens is 304 g/mol. The molecule has 3 aliphatic carbocycles. The third-order valence-electron chi connectivity index (χ3n) is 6.74.